The Labute approximate surface area is 174 Å². The fourth-order valence-electron chi connectivity index (χ4n) is 3.09. The van der Waals surface area contributed by atoms with Crippen LogP contribution in [0.25, 0.3) is 6.08 Å². The Balaban J connectivity index is 1.56. The molecule has 29 heavy (non-hydrogen) atoms. The lowest BCUT2D eigenvalue weighted by molar-refractivity contribution is -0.122. The van der Waals surface area contributed by atoms with Crippen LogP contribution in [0.5, 0.6) is 0 Å². The molecule has 0 radical (unpaired) electrons. The summed E-state index contributed by atoms with van der Waals surface area (Å²) in [6.07, 6.45) is 1.78. The molecule has 2 aliphatic rings. The molecule has 3 heterocycles. The highest BCUT2D eigenvalue weighted by Gasteiger charge is 2.33. The zero-order valence-electron chi connectivity index (χ0n) is 16.2. The lowest BCUT2D eigenvalue weighted by atomic mass is 10.3. The summed E-state index contributed by atoms with van der Waals surface area (Å²) in [7, 11) is 1.62. The van der Waals surface area contributed by atoms with Gasteiger partial charge in [0.15, 0.2) is 11.1 Å². The molecule has 1 aromatic carbocycles. The summed E-state index contributed by atoms with van der Waals surface area (Å²) in [6.45, 7) is 3.88. The van der Waals surface area contributed by atoms with E-state index in [-0.39, 0.29) is 5.91 Å². The minimum Gasteiger partial charge on any atom is -0.441 e. The van der Waals surface area contributed by atoms with Gasteiger partial charge >= 0.3 is 0 Å². The highest BCUT2D eigenvalue weighted by molar-refractivity contribution is 8.18. The Bertz CT molecular complexity index is 904. The number of ether oxygens (including phenoxy) is 2. The van der Waals surface area contributed by atoms with Crippen LogP contribution >= 0.6 is 11.8 Å². The van der Waals surface area contributed by atoms with Gasteiger partial charge in [0.05, 0.1) is 37.0 Å². The molecule has 2 aliphatic heterocycles. The first-order valence-corrected chi connectivity index (χ1v) is 10.3. The van der Waals surface area contributed by atoms with Crippen molar-refractivity contribution in [1.82, 2.24) is 4.90 Å². The van der Waals surface area contributed by atoms with E-state index < -0.39 is 0 Å². The number of morpholine rings is 1. The molecule has 0 saturated carbocycles. The van der Waals surface area contributed by atoms with E-state index in [4.69, 9.17) is 13.9 Å². The maximum atomic E-state index is 13.0. The quantitative estimate of drug-likeness (QED) is 0.677. The number of amides is 1. The van der Waals surface area contributed by atoms with Gasteiger partial charge in [0.2, 0.25) is 0 Å². The molecule has 0 atom stereocenters. The Morgan fingerprint density at radius 3 is 2.72 bits per heavy atom. The summed E-state index contributed by atoms with van der Waals surface area (Å²) in [5, 5.41) is 0.643. The van der Waals surface area contributed by atoms with Gasteiger partial charge in [-0.15, -0.1) is 0 Å². The Kier molecular flexibility index (Phi) is 6.33. The van der Waals surface area contributed by atoms with Crippen molar-refractivity contribution in [3.8, 4) is 0 Å². The molecule has 2 saturated heterocycles. The van der Waals surface area contributed by atoms with Crippen molar-refractivity contribution in [1.29, 1.82) is 0 Å². The van der Waals surface area contributed by atoms with Crippen LogP contribution in [-0.2, 0) is 14.3 Å². The first kappa shape index (κ1) is 19.8. The van der Waals surface area contributed by atoms with E-state index >= 15 is 0 Å². The van der Waals surface area contributed by atoms with Gasteiger partial charge in [-0.2, -0.15) is 0 Å². The Hall–Kier alpha value is -2.55. The number of thioether (sulfide) groups is 1. The molecule has 8 heteroatoms. The zero-order chi connectivity index (χ0) is 20.1. The number of amidine groups is 1. The zero-order valence-corrected chi connectivity index (χ0v) is 17.1. The van der Waals surface area contributed by atoms with Gasteiger partial charge < -0.3 is 18.8 Å². The average molecular weight is 413 g/mol. The monoisotopic (exact) mass is 413 g/mol. The fraction of sp³-hybridized carbons (Fsp3) is 0.333. The van der Waals surface area contributed by atoms with Gasteiger partial charge in [-0.1, -0.05) is 18.2 Å². The van der Waals surface area contributed by atoms with Gasteiger partial charge in [-0.25, -0.2) is 4.99 Å². The number of hydrogen-bond acceptors (Lipinski definition) is 7. The minimum atomic E-state index is -0.0916. The van der Waals surface area contributed by atoms with Crippen LogP contribution in [0.15, 0.2) is 56.8 Å². The molecule has 0 bridgehead atoms. The third-order valence-electron chi connectivity index (χ3n) is 4.60. The van der Waals surface area contributed by atoms with Gasteiger partial charge in [0.25, 0.3) is 5.91 Å². The van der Waals surface area contributed by atoms with E-state index in [1.807, 2.05) is 42.5 Å². The molecule has 0 unspecified atom stereocenters. The number of aliphatic imine (C=N–C) groups is 1. The summed E-state index contributed by atoms with van der Waals surface area (Å²) >= 11 is 1.35. The number of hydrogen-bond donors (Lipinski definition) is 0. The average Bonchev–Trinajstić information content (AvgIpc) is 3.33. The van der Waals surface area contributed by atoms with Gasteiger partial charge in [-0.05, 0) is 30.0 Å². The number of rotatable bonds is 6. The molecule has 4 rings (SSSR count). The van der Waals surface area contributed by atoms with Crippen molar-refractivity contribution in [2.75, 3.05) is 51.5 Å². The summed E-state index contributed by atoms with van der Waals surface area (Å²) in [5.74, 6) is 1.35. The molecular weight excluding hydrogens is 390 g/mol. The Morgan fingerprint density at radius 2 is 1.97 bits per heavy atom. The van der Waals surface area contributed by atoms with E-state index in [0.717, 1.165) is 24.7 Å². The molecule has 2 fully saturated rings. The standard InChI is InChI=1S/C21H23N3O4S/c1-26-12-11-24-20(25)18(29-21(24)22-16-5-3-2-4-6-16)15-17-7-8-19(28-17)23-9-13-27-14-10-23/h2-8,15H,9-14H2,1H3/b18-15-,22-21?. The van der Waals surface area contributed by atoms with Crippen molar-refractivity contribution in [2.24, 2.45) is 4.99 Å². The smallest absolute Gasteiger partial charge is 0.266 e. The topological polar surface area (TPSA) is 67.5 Å². The summed E-state index contributed by atoms with van der Waals surface area (Å²) in [6, 6.07) is 13.4. The van der Waals surface area contributed by atoms with E-state index in [1.165, 1.54) is 11.8 Å². The first-order chi connectivity index (χ1) is 14.2. The van der Waals surface area contributed by atoms with Crippen LogP contribution in [0.1, 0.15) is 5.76 Å². The second-order valence-corrected chi connectivity index (χ2v) is 7.57. The van der Waals surface area contributed by atoms with Crippen molar-refractivity contribution in [3.05, 3.63) is 53.1 Å². The lowest BCUT2D eigenvalue weighted by Crippen LogP contribution is -2.35. The van der Waals surface area contributed by atoms with E-state index in [0.29, 0.717) is 42.2 Å². The SMILES string of the molecule is COCCN1C(=O)/C(=C/c2ccc(N3CCOCC3)o2)SC1=Nc1ccccc1. The van der Waals surface area contributed by atoms with E-state index in [1.54, 1.807) is 18.1 Å². The number of furan rings is 1. The number of anilines is 1. The van der Waals surface area contributed by atoms with Crippen LogP contribution in [0.3, 0.4) is 0 Å². The summed E-state index contributed by atoms with van der Waals surface area (Å²) in [4.78, 5) is 22.0. The fourth-order valence-corrected chi connectivity index (χ4v) is 4.09. The van der Waals surface area contributed by atoms with E-state index in [2.05, 4.69) is 9.89 Å². The highest BCUT2D eigenvalue weighted by Crippen LogP contribution is 2.34. The first-order valence-electron chi connectivity index (χ1n) is 9.51. The molecular formula is C21H23N3O4S. The van der Waals surface area contributed by atoms with Crippen LogP contribution in [0.4, 0.5) is 11.6 Å². The Morgan fingerprint density at radius 1 is 1.17 bits per heavy atom. The summed E-state index contributed by atoms with van der Waals surface area (Å²) < 4.78 is 16.5. The van der Waals surface area contributed by atoms with Gasteiger partial charge in [0, 0.05) is 32.3 Å². The molecule has 0 spiro atoms. The van der Waals surface area contributed by atoms with Crippen molar-refractivity contribution >= 4 is 40.5 Å². The van der Waals surface area contributed by atoms with Crippen LogP contribution in [-0.4, -0.2) is 62.5 Å². The number of nitrogens with zero attached hydrogens (tertiary/aromatic N) is 3. The van der Waals surface area contributed by atoms with Crippen LogP contribution < -0.4 is 4.90 Å². The van der Waals surface area contributed by atoms with Crippen molar-refractivity contribution < 1.29 is 18.7 Å². The predicted octanol–water partition coefficient (Wildman–Crippen LogP) is 3.37. The molecule has 2 aromatic rings. The maximum absolute atomic E-state index is 13.0. The lowest BCUT2D eigenvalue weighted by Gasteiger charge is -2.26. The number of para-hydroxylation sites is 1. The van der Waals surface area contributed by atoms with E-state index in [9.17, 15) is 4.79 Å². The highest BCUT2D eigenvalue weighted by atomic mass is 32.2. The molecule has 1 amide bonds. The number of benzene rings is 1. The third kappa shape index (κ3) is 4.72. The van der Waals surface area contributed by atoms with Crippen molar-refractivity contribution in [3.63, 3.8) is 0 Å². The van der Waals surface area contributed by atoms with Crippen LogP contribution in [0.2, 0.25) is 0 Å². The summed E-state index contributed by atoms with van der Waals surface area (Å²) in [5.41, 5.74) is 0.805. The largest absolute Gasteiger partial charge is 0.441 e. The maximum Gasteiger partial charge on any atom is 0.266 e. The predicted molar refractivity (Wildman–Crippen MR) is 114 cm³/mol. The third-order valence-corrected chi connectivity index (χ3v) is 5.60. The molecule has 0 N–H and O–H groups in total. The van der Waals surface area contributed by atoms with Gasteiger partial charge in [-0.3, -0.25) is 9.69 Å². The normalized spacial score (nSPS) is 20.2. The van der Waals surface area contributed by atoms with Crippen LogP contribution in [0, 0.1) is 0 Å². The van der Waals surface area contributed by atoms with Gasteiger partial charge in [0.1, 0.15) is 5.76 Å². The molecule has 0 aliphatic carbocycles. The second-order valence-electron chi connectivity index (χ2n) is 6.57. The number of methoxy groups -OCH3 is 1. The minimum absolute atomic E-state index is 0.0916. The van der Waals surface area contributed by atoms with Crippen molar-refractivity contribution in [2.45, 2.75) is 0 Å². The number of carbonyl (C=O) groups excluding carboxylic acids is 1. The molecule has 1 aromatic heterocycles. The molecule has 7 nitrogen and oxygen atoms in total. The second kappa shape index (κ2) is 9.30. The molecule has 152 valence electrons. The number of carbonyl (C=O) groups is 1.